The standard InChI is InChI=1S/C13H20N2O3/c1-9(2)8-18-6-5-15-12-7-10(13(16)17)3-4-11(12)14/h3-4,7,9,15H,5-6,8,14H2,1-2H3,(H,16,17). The molecule has 1 aromatic rings. The number of nitrogens with one attached hydrogen (secondary N) is 1. The summed E-state index contributed by atoms with van der Waals surface area (Å²) in [4.78, 5) is 10.8. The van der Waals surface area contributed by atoms with E-state index in [4.69, 9.17) is 15.6 Å². The molecular weight excluding hydrogens is 232 g/mol. The second-order valence-electron chi connectivity index (χ2n) is 4.50. The molecular formula is C13H20N2O3. The lowest BCUT2D eigenvalue weighted by molar-refractivity contribution is 0.0697. The van der Waals surface area contributed by atoms with E-state index in [0.717, 1.165) is 0 Å². The Morgan fingerprint density at radius 2 is 2.22 bits per heavy atom. The summed E-state index contributed by atoms with van der Waals surface area (Å²) in [6, 6.07) is 4.60. The van der Waals surface area contributed by atoms with Crippen LogP contribution in [0.15, 0.2) is 18.2 Å². The quantitative estimate of drug-likeness (QED) is 0.511. The van der Waals surface area contributed by atoms with E-state index >= 15 is 0 Å². The van der Waals surface area contributed by atoms with Crippen LogP contribution in [-0.4, -0.2) is 30.8 Å². The van der Waals surface area contributed by atoms with Gasteiger partial charge in [-0.15, -0.1) is 0 Å². The lowest BCUT2D eigenvalue weighted by Gasteiger charge is -2.11. The largest absolute Gasteiger partial charge is 0.478 e. The van der Waals surface area contributed by atoms with Gasteiger partial charge in [0, 0.05) is 13.2 Å². The van der Waals surface area contributed by atoms with Crippen LogP contribution in [0.25, 0.3) is 0 Å². The van der Waals surface area contributed by atoms with Crippen molar-refractivity contribution in [1.29, 1.82) is 0 Å². The number of hydrogen-bond donors (Lipinski definition) is 3. The van der Waals surface area contributed by atoms with Crippen molar-refractivity contribution in [3.63, 3.8) is 0 Å². The zero-order valence-corrected chi connectivity index (χ0v) is 10.8. The molecule has 18 heavy (non-hydrogen) atoms. The van der Waals surface area contributed by atoms with E-state index in [-0.39, 0.29) is 5.56 Å². The molecule has 0 aliphatic rings. The summed E-state index contributed by atoms with van der Waals surface area (Å²) >= 11 is 0. The molecule has 0 amide bonds. The second-order valence-corrected chi connectivity index (χ2v) is 4.50. The Morgan fingerprint density at radius 3 is 2.83 bits per heavy atom. The summed E-state index contributed by atoms with van der Waals surface area (Å²) in [5.41, 5.74) is 7.13. The predicted octanol–water partition coefficient (Wildman–Crippen LogP) is 2.05. The van der Waals surface area contributed by atoms with Crippen LogP contribution in [0.3, 0.4) is 0 Å². The SMILES string of the molecule is CC(C)COCCNc1cc(C(=O)O)ccc1N. The van der Waals surface area contributed by atoms with Gasteiger partial charge in [-0.25, -0.2) is 4.79 Å². The summed E-state index contributed by atoms with van der Waals surface area (Å²) < 4.78 is 5.41. The molecule has 0 heterocycles. The van der Waals surface area contributed by atoms with Crippen molar-refractivity contribution >= 4 is 17.3 Å². The molecule has 0 saturated carbocycles. The number of ether oxygens (including phenoxy) is 1. The van der Waals surface area contributed by atoms with Gasteiger partial charge < -0.3 is 20.9 Å². The molecule has 1 rings (SSSR count). The lowest BCUT2D eigenvalue weighted by atomic mass is 10.1. The summed E-state index contributed by atoms with van der Waals surface area (Å²) in [7, 11) is 0. The van der Waals surface area contributed by atoms with Crippen molar-refractivity contribution in [3.05, 3.63) is 23.8 Å². The molecule has 0 aromatic heterocycles. The average molecular weight is 252 g/mol. The van der Waals surface area contributed by atoms with Crippen LogP contribution >= 0.6 is 0 Å². The van der Waals surface area contributed by atoms with Gasteiger partial charge in [0.15, 0.2) is 0 Å². The molecule has 0 aliphatic heterocycles. The highest BCUT2D eigenvalue weighted by atomic mass is 16.5. The zero-order valence-electron chi connectivity index (χ0n) is 10.8. The maximum atomic E-state index is 10.8. The highest BCUT2D eigenvalue weighted by molar-refractivity contribution is 5.90. The third-order valence-corrected chi connectivity index (χ3v) is 2.31. The first-order valence-corrected chi connectivity index (χ1v) is 5.95. The fraction of sp³-hybridized carbons (Fsp3) is 0.462. The van der Waals surface area contributed by atoms with Crippen LogP contribution in [0.4, 0.5) is 11.4 Å². The molecule has 1 aromatic carbocycles. The van der Waals surface area contributed by atoms with E-state index < -0.39 is 5.97 Å². The fourth-order valence-corrected chi connectivity index (χ4v) is 1.42. The maximum Gasteiger partial charge on any atom is 0.335 e. The van der Waals surface area contributed by atoms with Crippen LogP contribution in [0.2, 0.25) is 0 Å². The number of anilines is 2. The van der Waals surface area contributed by atoms with Gasteiger partial charge >= 0.3 is 5.97 Å². The smallest absolute Gasteiger partial charge is 0.335 e. The minimum absolute atomic E-state index is 0.217. The maximum absolute atomic E-state index is 10.8. The van der Waals surface area contributed by atoms with E-state index in [9.17, 15) is 4.79 Å². The van der Waals surface area contributed by atoms with Gasteiger partial charge in [-0.1, -0.05) is 13.8 Å². The number of benzene rings is 1. The van der Waals surface area contributed by atoms with E-state index in [1.54, 1.807) is 6.07 Å². The first-order valence-electron chi connectivity index (χ1n) is 5.95. The first kappa shape index (κ1) is 14.3. The van der Waals surface area contributed by atoms with Crippen molar-refractivity contribution in [2.45, 2.75) is 13.8 Å². The molecule has 0 atom stereocenters. The van der Waals surface area contributed by atoms with E-state index in [2.05, 4.69) is 19.2 Å². The number of aromatic carboxylic acids is 1. The van der Waals surface area contributed by atoms with Gasteiger partial charge in [0.1, 0.15) is 0 Å². The Hall–Kier alpha value is -1.75. The van der Waals surface area contributed by atoms with Crippen LogP contribution in [0.1, 0.15) is 24.2 Å². The van der Waals surface area contributed by atoms with Gasteiger partial charge in [0.05, 0.1) is 23.5 Å². The molecule has 0 bridgehead atoms. The topological polar surface area (TPSA) is 84.6 Å². The van der Waals surface area contributed by atoms with Gasteiger partial charge in [-0.05, 0) is 24.1 Å². The first-order chi connectivity index (χ1) is 8.50. The Labute approximate surface area is 107 Å². The average Bonchev–Trinajstić information content (AvgIpc) is 2.30. The summed E-state index contributed by atoms with van der Waals surface area (Å²) in [6.07, 6.45) is 0. The third kappa shape index (κ3) is 4.63. The number of carboxylic acids is 1. The van der Waals surface area contributed by atoms with Gasteiger partial charge in [-0.2, -0.15) is 0 Å². The lowest BCUT2D eigenvalue weighted by Crippen LogP contribution is -2.13. The van der Waals surface area contributed by atoms with Gasteiger partial charge in [-0.3, -0.25) is 0 Å². The molecule has 0 unspecified atom stereocenters. The number of carboxylic acid groups (broad SMARTS) is 1. The molecule has 0 radical (unpaired) electrons. The summed E-state index contributed by atoms with van der Waals surface area (Å²) in [5, 5.41) is 11.9. The second kappa shape index (κ2) is 6.86. The molecule has 0 saturated heterocycles. The van der Waals surface area contributed by atoms with E-state index in [1.807, 2.05) is 0 Å². The summed E-state index contributed by atoms with van der Waals surface area (Å²) in [6.45, 7) is 6.05. The number of nitrogen functional groups attached to an aromatic ring is 1. The molecule has 0 fully saturated rings. The molecule has 5 heteroatoms. The van der Waals surface area contributed by atoms with Crippen molar-refractivity contribution in [3.8, 4) is 0 Å². The Bertz CT molecular complexity index is 405. The van der Waals surface area contributed by atoms with Gasteiger partial charge in [0.25, 0.3) is 0 Å². The van der Waals surface area contributed by atoms with Crippen molar-refractivity contribution in [1.82, 2.24) is 0 Å². The van der Waals surface area contributed by atoms with Crippen LogP contribution < -0.4 is 11.1 Å². The minimum Gasteiger partial charge on any atom is -0.478 e. The Morgan fingerprint density at radius 1 is 1.50 bits per heavy atom. The highest BCUT2D eigenvalue weighted by Gasteiger charge is 2.06. The van der Waals surface area contributed by atoms with Crippen molar-refractivity contribution in [2.24, 2.45) is 5.92 Å². The number of hydrogen-bond acceptors (Lipinski definition) is 4. The molecule has 4 N–H and O–H groups in total. The van der Waals surface area contributed by atoms with E-state index in [1.165, 1.54) is 12.1 Å². The van der Waals surface area contributed by atoms with Gasteiger partial charge in [0.2, 0.25) is 0 Å². The number of rotatable bonds is 7. The fourth-order valence-electron chi connectivity index (χ4n) is 1.42. The van der Waals surface area contributed by atoms with Crippen molar-refractivity contribution < 1.29 is 14.6 Å². The van der Waals surface area contributed by atoms with Crippen LogP contribution in [-0.2, 0) is 4.74 Å². The summed E-state index contributed by atoms with van der Waals surface area (Å²) in [5.74, 6) is -0.459. The third-order valence-electron chi connectivity index (χ3n) is 2.31. The van der Waals surface area contributed by atoms with Crippen LogP contribution in [0.5, 0.6) is 0 Å². The predicted molar refractivity (Wildman–Crippen MR) is 72.0 cm³/mol. The molecule has 0 aliphatic carbocycles. The minimum atomic E-state index is -0.964. The van der Waals surface area contributed by atoms with E-state index in [0.29, 0.717) is 37.1 Å². The number of carbonyl (C=O) groups is 1. The highest BCUT2D eigenvalue weighted by Crippen LogP contribution is 2.19. The molecule has 0 spiro atoms. The monoisotopic (exact) mass is 252 g/mol. The Kier molecular flexibility index (Phi) is 5.45. The number of nitrogens with two attached hydrogens (primary N) is 1. The zero-order chi connectivity index (χ0) is 13.5. The normalized spacial score (nSPS) is 10.6. The Balaban J connectivity index is 2.46. The van der Waals surface area contributed by atoms with Crippen molar-refractivity contribution in [2.75, 3.05) is 30.8 Å². The molecule has 5 nitrogen and oxygen atoms in total. The molecule has 100 valence electrons. The van der Waals surface area contributed by atoms with Crippen LogP contribution in [0, 0.1) is 5.92 Å².